The molecule has 0 aliphatic carbocycles. The van der Waals surface area contributed by atoms with Crippen LogP contribution in [0.5, 0.6) is 5.75 Å². The van der Waals surface area contributed by atoms with E-state index >= 15 is 0 Å². The molecule has 1 saturated heterocycles. The van der Waals surface area contributed by atoms with Gasteiger partial charge < -0.3 is 10.1 Å². The normalized spacial score (nSPS) is 18.8. The summed E-state index contributed by atoms with van der Waals surface area (Å²) in [6.45, 7) is 3.26. The average molecular weight is 373 g/mol. The molecule has 9 heteroatoms. The van der Waals surface area contributed by atoms with Crippen LogP contribution in [0.4, 0.5) is 0 Å². The molecule has 0 bridgehead atoms. The molecule has 1 aliphatic heterocycles. The highest BCUT2D eigenvalue weighted by atomic mass is 35.5. The number of benzene rings is 1. The zero-order chi connectivity index (χ0) is 16.4. The largest absolute Gasteiger partial charge is 0.496 e. The maximum absolute atomic E-state index is 13.0. The number of aryl methyl sites for hydroxylation is 1. The van der Waals surface area contributed by atoms with Crippen molar-refractivity contribution in [2.75, 3.05) is 26.7 Å². The third-order valence-corrected chi connectivity index (χ3v) is 6.08. The number of rotatable bonds is 4. The molecule has 24 heavy (non-hydrogen) atoms. The predicted octanol–water partition coefficient (Wildman–Crippen LogP) is 1.48. The average Bonchev–Trinajstić information content (AvgIpc) is 3.01. The van der Waals surface area contributed by atoms with E-state index in [-0.39, 0.29) is 23.3 Å². The number of nitrogens with zero attached hydrogens (tertiary/aromatic N) is 2. The number of hydrogen-bond acceptors (Lipinski definition) is 5. The lowest BCUT2D eigenvalue weighted by Crippen LogP contribution is -2.48. The van der Waals surface area contributed by atoms with Gasteiger partial charge in [0.05, 0.1) is 25.0 Å². The van der Waals surface area contributed by atoms with Crippen molar-refractivity contribution in [3.63, 3.8) is 0 Å². The molecule has 0 spiro atoms. The second kappa shape index (κ2) is 7.52. The topological polar surface area (TPSA) is 87.3 Å². The van der Waals surface area contributed by atoms with Crippen molar-refractivity contribution in [3.8, 4) is 5.75 Å². The van der Waals surface area contributed by atoms with Crippen molar-refractivity contribution in [2.45, 2.75) is 17.9 Å². The number of hydrogen-bond donors (Lipinski definition) is 2. The minimum absolute atomic E-state index is 0. The third kappa shape index (κ3) is 3.27. The van der Waals surface area contributed by atoms with E-state index in [9.17, 15) is 8.42 Å². The Morgan fingerprint density at radius 1 is 1.33 bits per heavy atom. The number of aromatic amines is 1. The van der Waals surface area contributed by atoms with Crippen molar-refractivity contribution in [3.05, 3.63) is 41.7 Å². The molecule has 0 amide bonds. The van der Waals surface area contributed by atoms with E-state index in [1.54, 1.807) is 14.0 Å². The number of ether oxygens (including phenoxy) is 1. The van der Waals surface area contributed by atoms with Gasteiger partial charge in [0, 0.05) is 25.2 Å². The number of H-pyrrole nitrogens is 1. The fraction of sp³-hybridized carbons (Fsp3) is 0.400. The number of sulfonamides is 1. The van der Waals surface area contributed by atoms with Crippen molar-refractivity contribution in [2.24, 2.45) is 0 Å². The smallest absolute Gasteiger partial charge is 0.247 e. The summed E-state index contributed by atoms with van der Waals surface area (Å²) in [5, 5.41) is 9.80. The van der Waals surface area contributed by atoms with Gasteiger partial charge >= 0.3 is 0 Å². The monoisotopic (exact) mass is 372 g/mol. The Kier molecular flexibility index (Phi) is 5.87. The Balaban J connectivity index is 0.00000208. The van der Waals surface area contributed by atoms with Crippen LogP contribution in [0, 0.1) is 6.92 Å². The van der Waals surface area contributed by atoms with E-state index in [2.05, 4.69) is 15.5 Å². The first-order valence-corrected chi connectivity index (χ1v) is 8.85. The van der Waals surface area contributed by atoms with Gasteiger partial charge in [-0.2, -0.15) is 9.40 Å². The lowest BCUT2D eigenvalue weighted by Gasteiger charge is -2.35. The summed E-state index contributed by atoms with van der Waals surface area (Å²) >= 11 is 0. The van der Waals surface area contributed by atoms with E-state index in [0.29, 0.717) is 31.1 Å². The van der Waals surface area contributed by atoms with Crippen LogP contribution in [0.25, 0.3) is 0 Å². The van der Waals surface area contributed by atoms with Crippen molar-refractivity contribution < 1.29 is 13.2 Å². The van der Waals surface area contributed by atoms with Crippen LogP contribution < -0.4 is 10.1 Å². The first kappa shape index (κ1) is 18.7. The number of methoxy groups -OCH3 is 1. The molecule has 0 radical (unpaired) electrons. The molecule has 1 aromatic heterocycles. The Hall–Kier alpha value is -1.61. The lowest BCUT2D eigenvalue weighted by molar-refractivity contribution is 0.264. The predicted molar refractivity (Wildman–Crippen MR) is 93.1 cm³/mol. The SMILES string of the molecule is COc1ccccc1C1CNCCN1S(=O)(=O)c1cn[nH]c1C.Cl. The molecule has 1 atom stereocenters. The van der Waals surface area contributed by atoms with Crippen LogP contribution in [0.3, 0.4) is 0 Å². The van der Waals surface area contributed by atoms with Crippen LogP contribution >= 0.6 is 12.4 Å². The van der Waals surface area contributed by atoms with Crippen LogP contribution in [-0.2, 0) is 10.0 Å². The van der Waals surface area contributed by atoms with Gasteiger partial charge in [-0.25, -0.2) is 8.42 Å². The molecule has 2 heterocycles. The summed E-state index contributed by atoms with van der Waals surface area (Å²) in [6.07, 6.45) is 1.37. The maximum atomic E-state index is 13.0. The molecule has 7 nitrogen and oxygen atoms in total. The minimum Gasteiger partial charge on any atom is -0.496 e. The molecule has 1 fully saturated rings. The molecular formula is C15H21ClN4O3S. The van der Waals surface area contributed by atoms with E-state index in [4.69, 9.17) is 4.74 Å². The summed E-state index contributed by atoms with van der Waals surface area (Å²) in [5.41, 5.74) is 1.40. The fourth-order valence-electron chi connectivity index (χ4n) is 2.91. The molecule has 3 rings (SSSR count). The maximum Gasteiger partial charge on any atom is 0.247 e. The van der Waals surface area contributed by atoms with Gasteiger partial charge in [-0.05, 0) is 13.0 Å². The standard InChI is InChI=1S/C15H20N4O3S.ClH/c1-11-15(10-17-18-11)23(20,21)19-8-7-16-9-13(19)12-5-3-4-6-14(12)22-2;/h3-6,10,13,16H,7-9H2,1-2H3,(H,17,18);1H. The molecular weight excluding hydrogens is 352 g/mol. The van der Waals surface area contributed by atoms with Gasteiger partial charge in [0.25, 0.3) is 0 Å². The van der Waals surface area contributed by atoms with E-state index < -0.39 is 10.0 Å². The van der Waals surface area contributed by atoms with Gasteiger partial charge in [0.1, 0.15) is 10.6 Å². The van der Waals surface area contributed by atoms with Crippen molar-refractivity contribution >= 4 is 22.4 Å². The van der Waals surface area contributed by atoms with E-state index in [1.807, 2.05) is 24.3 Å². The highest BCUT2D eigenvalue weighted by Gasteiger charge is 2.36. The van der Waals surface area contributed by atoms with Crippen LogP contribution in [-0.4, -0.2) is 49.7 Å². The summed E-state index contributed by atoms with van der Waals surface area (Å²) in [4.78, 5) is 0.222. The minimum atomic E-state index is -3.63. The Labute approximate surface area is 147 Å². The number of piperazine rings is 1. The molecule has 2 aromatic rings. The van der Waals surface area contributed by atoms with Gasteiger partial charge in [-0.1, -0.05) is 18.2 Å². The first-order chi connectivity index (χ1) is 11.1. The van der Waals surface area contributed by atoms with Gasteiger partial charge in [-0.15, -0.1) is 12.4 Å². The molecule has 1 aliphatic rings. The van der Waals surface area contributed by atoms with Crippen LogP contribution in [0.1, 0.15) is 17.3 Å². The summed E-state index contributed by atoms with van der Waals surface area (Å²) < 4.78 is 33.0. The van der Waals surface area contributed by atoms with E-state index in [1.165, 1.54) is 10.5 Å². The molecule has 1 aromatic carbocycles. The van der Waals surface area contributed by atoms with Gasteiger partial charge in [-0.3, -0.25) is 5.10 Å². The zero-order valence-electron chi connectivity index (χ0n) is 13.5. The van der Waals surface area contributed by atoms with Gasteiger partial charge in [0.2, 0.25) is 10.0 Å². The van der Waals surface area contributed by atoms with Crippen molar-refractivity contribution in [1.29, 1.82) is 0 Å². The van der Waals surface area contributed by atoms with Crippen LogP contribution in [0.15, 0.2) is 35.4 Å². The van der Waals surface area contributed by atoms with Gasteiger partial charge in [0.15, 0.2) is 0 Å². The zero-order valence-corrected chi connectivity index (χ0v) is 15.2. The van der Waals surface area contributed by atoms with Crippen molar-refractivity contribution in [1.82, 2.24) is 19.8 Å². The fourth-order valence-corrected chi connectivity index (χ4v) is 4.63. The van der Waals surface area contributed by atoms with E-state index in [0.717, 1.165) is 5.56 Å². The lowest BCUT2D eigenvalue weighted by atomic mass is 10.0. The third-order valence-electron chi connectivity index (χ3n) is 4.06. The second-order valence-corrected chi connectivity index (χ2v) is 7.30. The second-order valence-electron chi connectivity index (χ2n) is 5.44. The number of nitrogens with one attached hydrogen (secondary N) is 2. The molecule has 0 saturated carbocycles. The number of halogens is 1. The Morgan fingerprint density at radius 3 is 2.75 bits per heavy atom. The summed E-state index contributed by atoms with van der Waals surface area (Å²) in [6, 6.07) is 7.19. The Bertz CT molecular complexity index is 794. The highest BCUT2D eigenvalue weighted by molar-refractivity contribution is 7.89. The summed E-state index contributed by atoms with van der Waals surface area (Å²) in [7, 11) is -2.04. The number of aromatic nitrogens is 2. The summed E-state index contributed by atoms with van der Waals surface area (Å²) in [5.74, 6) is 0.685. The Morgan fingerprint density at radius 2 is 2.08 bits per heavy atom. The quantitative estimate of drug-likeness (QED) is 0.848. The first-order valence-electron chi connectivity index (χ1n) is 7.41. The van der Waals surface area contributed by atoms with Crippen LogP contribution in [0.2, 0.25) is 0 Å². The molecule has 1 unspecified atom stereocenters. The molecule has 2 N–H and O–H groups in total. The number of para-hydroxylation sites is 1. The molecule has 132 valence electrons. The highest BCUT2D eigenvalue weighted by Crippen LogP contribution is 2.34.